The van der Waals surface area contributed by atoms with Crippen LogP contribution < -0.4 is 0 Å². The molecule has 2 aliphatic heterocycles. The van der Waals surface area contributed by atoms with Crippen molar-refractivity contribution < 1.29 is 22.4 Å². The van der Waals surface area contributed by atoms with Crippen molar-refractivity contribution in [3.8, 4) is 0 Å². The molecule has 0 aromatic carbocycles. The summed E-state index contributed by atoms with van der Waals surface area (Å²) in [4.78, 5) is 4.94. The van der Waals surface area contributed by atoms with E-state index in [-0.39, 0.29) is 22.4 Å². The molecule has 0 bridgehead atoms. The first kappa shape index (κ1) is 25.6. The van der Waals surface area contributed by atoms with Gasteiger partial charge in [0.1, 0.15) is 0 Å². The first-order valence-corrected chi connectivity index (χ1v) is 10.5. The van der Waals surface area contributed by atoms with E-state index < -0.39 is 0 Å². The predicted octanol–water partition coefficient (Wildman–Crippen LogP) is 4.51. The molecule has 2 rings (SSSR count). The summed E-state index contributed by atoms with van der Waals surface area (Å²) in [5, 5.41) is 9.25. The quantitative estimate of drug-likeness (QED) is 0.515. The molecule has 0 saturated carbocycles. The summed E-state index contributed by atoms with van der Waals surface area (Å²) in [6.45, 7) is 18.2. The zero-order valence-electron chi connectivity index (χ0n) is 17.1. The summed E-state index contributed by atoms with van der Waals surface area (Å²) in [5.41, 5.74) is 0. The molecule has 0 spiro atoms. The maximum absolute atomic E-state index is 4.62. The van der Waals surface area contributed by atoms with Crippen molar-refractivity contribution in [2.24, 2.45) is 0 Å². The van der Waals surface area contributed by atoms with E-state index in [0.29, 0.717) is 12.1 Å². The molecule has 4 nitrogen and oxygen atoms in total. The molecule has 2 unspecified atom stereocenters. The largest absolute Gasteiger partial charge is 0.658 e. The smallest absolute Gasteiger partial charge is 0 e. The third kappa shape index (κ3) is 11.8. The van der Waals surface area contributed by atoms with Gasteiger partial charge in [0, 0.05) is 22.4 Å². The molecular formula is C20H42AgN4-2. The van der Waals surface area contributed by atoms with Crippen molar-refractivity contribution in [1.82, 2.24) is 9.80 Å². The zero-order valence-corrected chi connectivity index (χ0v) is 18.6. The molecule has 0 amide bonds. The summed E-state index contributed by atoms with van der Waals surface area (Å²) in [6, 6.07) is 1.28. The molecule has 25 heavy (non-hydrogen) atoms. The molecule has 2 fully saturated rings. The van der Waals surface area contributed by atoms with E-state index in [0.717, 1.165) is 13.1 Å². The van der Waals surface area contributed by atoms with Crippen LogP contribution in [0, 0.1) is 0 Å². The van der Waals surface area contributed by atoms with Crippen LogP contribution in [0.4, 0.5) is 0 Å². The molecule has 0 aliphatic carbocycles. The number of nitrogens with zero attached hydrogens (tertiary/aromatic N) is 4. The van der Waals surface area contributed by atoms with E-state index >= 15 is 0 Å². The molecule has 2 aliphatic rings. The molecule has 2 saturated heterocycles. The van der Waals surface area contributed by atoms with Gasteiger partial charge in [-0.2, -0.15) is 0 Å². The maximum Gasteiger partial charge on any atom is 0 e. The zero-order chi connectivity index (χ0) is 17.6. The van der Waals surface area contributed by atoms with Gasteiger partial charge in [-0.15, -0.1) is 25.2 Å². The van der Waals surface area contributed by atoms with E-state index in [1.807, 2.05) is 0 Å². The fraction of sp³-hybridized carbons (Fsp3) is 1.00. The van der Waals surface area contributed by atoms with Gasteiger partial charge >= 0.3 is 0 Å². The van der Waals surface area contributed by atoms with Gasteiger partial charge in [0.15, 0.2) is 0 Å². The van der Waals surface area contributed by atoms with Gasteiger partial charge in [0.05, 0.1) is 0 Å². The molecule has 0 N–H and O–H groups in total. The first-order valence-electron chi connectivity index (χ1n) is 10.5. The monoisotopic (exact) mass is 445 g/mol. The van der Waals surface area contributed by atoms with Crippen molar-refractivity contribution in [3.63, 3.8) is 0 Å². The van der Waals surface area contributed by atoms with Gasteiger partial charge in [-0.1, -0.05) is 66.2 Å². The SMILES string of the molecule is CCN(CC)CC1CCCC[N-]1.CCN(CC)CC1CCCC[N-]1.[Ag]. The molecule has 0 aromatic rings. The summed E-state index contributed by atoms with van der Waals surface area (Å²) >= 11 is 0. The summed E-state index contributed by atoms with van der Waals surface area (Å²) in [5.74, 6) is 0. The Morgan fingerprint density at radius 1 is 0.640 bits per heavy atom. The van der Waals surface area contributed by atoms with Gasteiger partial charge in [-0.25, -0.2) is 0 Å². The van der Waals surface area contributed by atoms with E-state index in [1.165, 1.54) is 77.8 Å². The third-order valence-electron chi connectivity index (χ3n) is 5.39. The van der Waals surface area contributed by atoms with Gasteiger partial charge < -0.3 is 20.4 Å². The fourth-order valence-corrected chi connectivity index (χ4v) is 3.57. The Kier molecular flexibility index (Phi) is 17.1. The number of hydrogen-bond donors (Lipinski definition) is 0. The maximum atomic E-state index is 4.62. The average Bonchev–Trinajstić information content (AvgIpc) is 2.66. The second kappa shape index (κ2) is 16.7. The normalized spacial score (nSPS) is 23.8. The second-order valence-corrected chi connectivity index (χ2v) is 7.08. The van der Waals surface area contributed by atoms with Crippen LogP contribution in [0.5, 0.6) is 0 Å². The Morgan fingerprint density at radius 3 is 1.24 bits per heavy atom. The van der Waals surface area contributed by atoms with E-state index in [9.17, 15) is 0 Å². The van der Waals surface area contributed by atoms with Crippen molar-refractivity contribution in [1.29, 1.82) is 0 Å². The van der Waals surface area contributed by atoms with Crippen LogP contribution in [0.25, 0.3) is 10.6 Å². The van der Waals surface area contributed by atoms with Gasteiger partial charge in [0.2, 0.25) is 0 Å². The first-order chi connectivity index (χ1) is 11.7. The molecule has 1 radical (unpaired) electrons. The number of hydrogen-bond acceptors (Lipinski definition) is 2. The van der Waals surface area contributed by atoms with E-state index in [1.54, 1.807) is 0 Å². The number of rotatable bonds is 8. The van der Waals surface area contributed by atoms with Crippen LogP contribution in [0.3, 0.4) is 0 Å². The van der Waals surface area contributed by atoms with Crippen LogP contribution in [-0.2, 0) is 22.4 Å². The van der Waals surface area contributed by atoms with Crippen LogP contribution in [0.15, 0.2) is 0 Å². The van der Waals surface area contributed by atoms with Crippen LogP contribution in [0.2, 0.25) is 0 Å². The third-order valence-corrected chi connectivity index (χ3v) is 5.39. The minimum absolute atomic E-state index is 0. The topological polar surface area (TPSA) is 34.7 Å². The van der Waals surface area contributed by atoms with Gasteiger partial charge in [-0.3, -0.25) is 0 Å². The van der Waals surface area contributed by atoms with Crippen molar-refractivity contribution in [3.05, 3.63) is 10.6 Å². The van der Waals surface area contributed by atoms with Crippen molar-refractivity contribution >= 4 is 0 Å². The van der Waals surface area contributed by atoms with Crippen molar-refractivity contribution in [2.45, 2.75) is 78.3 Å². The second-order valence-electron chi connectivity index (χ2n) is 7.08. The molecule has 2 heterocycles. The minimum atomic E-state index is 0. The van der Waals surface area contributed by atoms with E-state index in [4.69, 9.17) is 0 Å². The standard InChI is InChI=1S/2C10H21N2.Ag/c2*1-3-12(4-2)9-10-7-5-6-8-11-10;/h2*10H,3-9H2,1-2H3;/q2*-1;. The fourth-order valence-electron chi connectivity index (χ4n) is 3.57. The van der Waals surface area contributed by atoms with Crippen molar-refractivity contribution in [2.75, 3.05) is 52.4 Å². The summed E-state index contributed by atoms with van der Waals surface area (Å²) in [7, 11) is 0. The summed E-state index contributed by atoms with van der Waals surface area (Å²) < 4.78 is 0. The molecular weight excluding hydrogens is 404 g/mol. The van der Waals surface area contributed by atoms with Crippen LogP contribution in [-0.4, -0.2) is 74.2 Å². The Balaban J connectivity index is 0.000000443. The number of likely N-dealkylation sites (N-methyl/N-ethyl adjacent to an activating group) is 2. The Labute approximate surface area is 173 Å². The predicted molar refractivity (Wildman–Crippen MR) is 107 cm³/mol. The Morgan fingerprint density at radius 2 is 1.00 bits per heavy atom. The molecule has 2 atom stereocenters. The van der Waals surface area contributed by atoms with Gasteiger partial charge in [-0.05, 0) is 39.3 Å². The average molecular weight is 446 g/mol. The molecule has 5 heteroatoms. The molecule has 155 valence electrons. The Hall–Kier alpha value is 0.580. The number of piperidine rings is 2. The Bertz CT molecular complexity index is 243. The molecule has 0 aromatic heterocycles. The van der Waals surface area contributed by atoms with Crippen LogP contribution >= 0.6 is 0 Å². The van der Waals surface area contributed by atoms with Gasteiger partial charge in [0.25, 0.3) is 0 Å². The summed E-state index contributed by atoms with van der Waals surface area (Å²) in [6.07, 6.45) is 8.03. The van der Waals surface area contributed by atoms with E-state index in [2.05, 4.69) is 48.1 Å². The van der Waals surface area contributed by atoms with Crippen LogP contribution in [0.1, 0.15) is 66.2 Å². The minimum Gasteiger partial charge on any atom is -0.658 e.